The predicted molar refractivity (Wildman–Crippen MR) is 295 cm³/mol. The van der Waals surface area contributed by atoms with Gasteiger partial charge in [-0.15, -0.1) is 0 Å². The van der Waals surface area contributed by atoms with E-state index < -0.39 is 5.97 Å². The number of carbonyl (C=O) groups is 1. The zero-order valence-electron chi connectivity index (χ0n) is 41.6. The van der Waals surface area contributed by atoms with Crippen LogP contribution in [0.4, 0.5) is 17.1 Å². The van der Waals surface area contributed by atoms with Crippen molar-refractivity contribution in [3.63, 3.8) is 0 Å². The number of para-hydroxylation sites is 2. The van der Waals surface area contributed by atoms with Crippen molar-refractivity contribution in [2.24, 2.45) is 0 Å². The molecule has 0 unspecified atom stereocenters. The van der Waals surface area contributed by atoms with E-state index in [1.165, 1.54) is 57.4 Å². The van der Waals surface area contributed by atoms with Crippen LogP contribution in [0.25, 0.3) is 61.9 Å². The van der Waals surface area contributed by atoms with Crippen LogP contribution in [0.5, 0.6) is 11.5 Å². The van der Waals surface area contributed by atoms with Gasteiger partial charge in [0.05, 0.1) is 35.6 Å². The van der Waals surface area contributed by atoms with E-state index in [1.807, 2.05) is 60.7 Å². The van der Waals surface area contributed by atoms with Crippen molar-refractivity contribution in [1.82, 2.24) is 9.97 Å². The van der Waals surface area contributed by atoms with Gasteiger partial charge in [0.15, 0.2) is 0 Å². The van der Waals surface area contributed by atoms with Gasteiger partial charge in [-0.2, -0.15) is 5.26 Å². The Balaban J connectivity index is 1.24. The highest BCUT2D eigenvalue weighted by Gasteiger charge is 2.21. The average Bonchev–Trinajstić information content (AvgIpc) is 3.42. The Morgan fingerprint density at radius 1 is 0.514 bits per heavy atom. The molecule has 8 nitrogen and oxygen atoms in total. The molecule has 72 heavy (non-hydrogen) atoms. The number of hydrogen-bond donors (Lipinski definition) is 1. The van der Waals surface area contributed by atoms with Crippen LogP contribution in [0.1, 0.15) is 96.5 Å². The number of ether oxygens (including phenoxy) is 2. The third kappa shape index (κ3) is 13.0. The first-order chi connectivity index (χ1) is 35.4. The number of hydrogen-bond acceptors (Lipinski definition) is 7. The van der Waals surface area contributed by atoms with Gasteiger partial charge in [0.2, 0.25) is 0 Å². The average molecular weight is 953 g/mol. The van der Waals surface area contributed by atoms with Crippen molar-refractivity contribution in [2.45, 2.75) is 90.9 Å². The highest BCUT2D eigenvalue weighted by molar-refractivity contribution is 6.03. The largest absolute Gasteiger partial charge is 0.494 e. The van der Waals surface area contributed by atoms with Crippen LogP contribution in [0.15, 0.2) is 175 Å². The lowest BCUT2D eigenvalue weighted by Crippen LogP contribution is -2.09. The summed E-state index contributed by atoms with van der Waals surface area (Å²) < 4.78 is 12.5. The SMILES string of the molecule is CCCCCCCCOc1ccc(-c2nc3c(-c4ccc(N(c5ccccc5)c5ccccc5)cc4)ccc(-c4cccc(/C=C(/C#N)C(=O)O)c4)c3nc2-c2ccc(OCCCCCCCC)cc2)cc1. The summed E-state index contributed by atoms with van der Waals surface area (Å²) >= 11 is 0. The topological polar surface area (TPSA) is 109 Å². The Morgan fingerprint density at radius 2 is 0.958 bits per heavy atom. The van der Waals surface area contributed by atoms with E-state index in [-0.39, 0.29) is 5.57 Å². The molecule has 1 N–H and O–H groups in total. The van der Waals surface area contributed by atoms with Gasteiger partial charge in [0.25, 0.3) is 0 Å². The van der Waals surface area contributed by atoms with Gasteiger partial charge >= 0.3 is 5.97 Å². The number of carboxylic acids is 1. The van der Waals surface area contributed by atoms with Gasteiger partial charge in [-0.3, -0.25) is 0 Å². The Hall–Kier alpha value is -8.02. The van der Waals surface area contributed by atoms with Gasteiger partial charge in [-0.05, 0) is 127 Å². The molecule has 0 amide bonds. The first-order valence-electron chi connectivity index (χ1n) is 25.7. The maximum absolute atomic E-state index is 11.9. The predicted octanol–water partition coefficient (Wildman–Crippen LogP) is 17.2. The van der Waals surface area contributed by atoms with Crippen molar-refractivity contribution in [2.75, 3.05) is 18.1 Å². The quantitative estimate of drug-likeness (QED) is 0.0343. The molecule has 0 radical (unpaired) electrons. The number of nitrogens with zero attached hydrogens (tertiary/aromatic N) is 4. The first kappa shape index (κ1) is 50.4. The van der Waals surface area contributed by atoms with E-state index in [2.05, 4.69) is 128 Å². The molecule has 1 aromatic heterocycles. The van der Waals surface area contributed by atoms with E-state index in [0.29, 0.717) is 35.5 Å². The second kappa shape index (κ2) is 25.7. The lowest BCUT2D eigenvalue weighted by atomic mass is 9.94. The fourth-order valence-corrected chi connectivity index (χ4v) is 9.06. The standard InChI is InChI=1S/C64H64N4O4/c1-3-5-7-9-11-19-42-71-56-36-30-49(31-37-56)60-61(50-32-38-57(39-33-50)72-43-20-12-10-8-6-4-2)67-63-59(51-23-21-22-47(44-51)45-52(46-65)64(69)70)41-40-58(62(63)66-60)48-28-34-55(35-29-48)68(53-24-15-13-16-25-53)54-26-17-14-18-27-54/h13-18,21-41,44-45H,3-12,19-20,42-43H2,1-2H3,(H,69,70)/b52-45-. The van der Waals surface area contributed by atoms with Crippen LogP contribution in [0.2, 0.25) is 0 Å². The molecule has 0 saturated carbocycles. The maximum atomic E-state index is 11.9. The van der Waals surface area contributed by atoms with Gasteiger partial charge in [-0.25, -0.2) is 14.8 Å². The van der Waals surface area contributed by atoms with Crippen molar-refractivity contribution in [3.8, 4) is 62.3 Å². The normalized spacial score (nSPS) is 11.3. The number of rotatable bonds is 25. The number of unbranched alkanes of at least 4 members (excludes halogenated alkanes) is 10. The summed E-state index contributed by atoms with van der Waals surface area (Å²) in [6.07, 6.45) is 15.8. The highest BCUT2D eigenvalue weighted by Crippen LogP contribution is 2.41. The van der Waals surface area contributed by atoms with Crippen LogP contribution >= 0.6 is 0 Å². The van der Waals surface area contributed by atoms with Crippen LogP contribution in [0, 0.1) is 11.3 Å². The fraction of sp³-hybridized carbons (Fsp3) is 0.250. The number of aliphatic carboxylic acids is 1. The molecule has 0 aliphatic carbocycles. The Bertz CT molecular complexity index is 3030. The van der Waals surface area contributed by atoms with Gasteiger partial charge in [-0.1, -0.05) is 157 Å². The summed E-state index contributed by atoms with van der Waals surface area (Å²) in [6.45, 7) is 5.81. The number of fused-ring (bicyclic) bond motifs is 1. The van der Waals surface area contributed by atoms with E-state index in [4.69, 9.17) is 19.4 Å². The summed E-state index contributed by atoms with van der Waals surface area (Å²) in [5.41, 5.74) is 11.4. The smallest absolute Gasteiger partial charge is 0.346 e. The second-order valence-corrected chi connectivity index (χ2v) is 18.2. The maximum Gasteiger partial charge on any atom is 0.346 e. The lowest BCUT2D eigenvalue weighted by molar-refractivity contribution is -0.132. The van der Waals surface area contributed by atoms with Crippen molar-refractivity contribution in [3.05, 3.63) is 181 Å². The molecule has 0 aliphatic rings. The Labute approximate surface area is 425 Å². The highest BCUT2D eigenvalue weighted by atomic mass is 16.5. The number of anilines is 3. The van der Waals surface area contributed by atoms with Crippen LogP contribution in [0.3, 0.4) is 0 Å². The van der Waals surface area contributed by atoms with Crippen molar-refractivity contribution in [1.29, 1.82) is 5.26 Å². The van der Waals surface area contributed by atoms with E-state index in [1.54, 1.807) is 6.07 Å². The van der Waals surface area contributed by atoms with Crippen LogP contribution in [-0.2, 0) is 4.79 Å². The minimum atomic E-state index is -1.28. The molecular formula is C64H64N4O4. The number of nitriles is 1. The summed E-state index contributed by atoms with van der Waals surface area (Å²) in [4.78, 5) is 25.3. The summed E-state index contributed by atoms with van der Waals surface area (Å²) in [7, 11) is 0. The molecule has 364 valence electrons. The first-order valence-corrected chi connectivity index (χ1v) is 25.7. The van der Waals surface area contributed by atoms with Gasteiger partial charge in [0.1, 0.15) is 23.1 Å². The molecule has 8 heteroatoms. The molecule has 0 atom stereocenters. The summed E-state index contributed by atoms with van der Waals surface area (Å²) in [5, 5.41) is 19.3. The van der Waals surface area contributed by atoms with Gasteiger partial charge < -0.3 is 19.5 Å². The lowest BCUT2D eigenvalue weighted by Gasteiger charge is -2.25. The molecule has 0 aliphatic heterocycles. The fourth-order valence-electron chi connectivity index (χ4n) is 9.06. The molecule has 0 saturated heterocycles. The monoisotopic (exact) mass is 952 g/mol. The molecular weight excluding hydrogens is 889 g/mol. The zero-order valence-corrected chi connectivity index (χ0v) is 41.6. The minimum absolute atomic E-state index is 0.348. The van der Waals surface area contributed by atoms with E-state index in [0.717, 1.165) is 93.3 Å². The van der Waals surface area contributed by atoms with E-state index >= 15 is 0 Å². The number of benzene rings is 7. The van der Waals surface area contributed by atoms with Crippen molar-refractivity contribution >= 4 is 40.1 Å². The van der Waals surface area contributed by atoms with Crippen LogP contribution in [-0.4, -0.2) is 34.3 Å². The molecule has 8 rings (SSSR count). The molecule has 1 heterocycles. The van der Waals surface area contributed by atoms with E-state index in [9.17, 15) is 15.2 Å². The molecule has 0 spiro atoms. The minimum Gasteiger partial charge on any atom is -0.494 e. The summed E-state index contributed by atoms with van der Waals surface area (Å²) in [5.74, 6) is 0.342. The molecule has 0 bridgehead atoms. The molecule has 8 aromatic rings. The van der Waals surface area contributed by atoms with Crippen LogP contribution < -0.4 is 14.4 Å². The van der Waals surface area contributed by atoms with Gasteiger partial charge in [0, 0.05) is 39.3 Å². The number of carboxylic acid groups (broad SMARTS) is 1. The Kier molecular flexibility index (Phi) is 18.0. The third-order valence-electron chi connectivity index (χ3n) is 12.9. The third-order valence-corrected chi connectivity index (χ3v) is 12.9. The Morgan fingerprint density at radius 3 is 1.43 bits per heavy atom. The van der Waals surface area contributed by atoms with Crippen molar-refractivity contribution < 1.29 is 19.4 Å². The molecule has 7 aromatic carbocycles. The summed E-state index contributed by atoms with van der Waals surface area (Å²) in [6, 6.07) is 59.1. The second-order valence-electron chi connectivity index (χ2n) is 18.2. The zero-order chi connectivity index (χ0) is 49.9. The molecule has 0 fully saturated rings. The number of aromatic nitrogens is 2.